The van der Waals surface area contributed by atoms with Crippen molar-refractivity contribution in [3.63, 3.8) is 0 Å². The second kappa shape index (κ2) is 5.65. The van der Waals surface area contributed by atoms with Crippen molar-refractivity contribution in [1.29, 1.82) is 0 Å². The van der Waals surface area contributed by atoms with E-state index in [4.69, 9.17) is 5.11 Å². The molecule has 0 radical (unpaired) electrons. The molecule has 0 unspecified atom stereocenters. The average Bonchev–Trinajstić information content (AvgIpc) is 2.85. The van der Waals surface area contributed by atoms with Crippen LogP contribution in [0.2, 0.25) is 0 Å². The monoisotopic (exact) mass is 316 g/mol. The second-order valence-electron chi connectivity index (χ2n) is 3.71. The number of hydrogen-bond donors (Lipinski definition) is 2. The largest absolute Gasteiger partial charge is 0.476 e. The number of aromatic nitrogens is 1. The Morgan fingerprint density at radius 1 is 1.45 bits per heavy atom. The second-order valence-corrected chi connectivity index (χ2v) is 6.42. The highest BCUT2D eigenvalue weighted by Gasteiger charge is 2.16. The molecule has 0 amide bonds. The zero-order chi connectivity index (χ0) is 14.8. The van der Waals surface area contributed by atoms with Crippen LogP contribution in [0.25, 0.3) is 0 Å². The van der Waals surface area contributed by atoms with E-state index in [1.807, 2.05) is 0 Å². The summed E-state index contributed by atoms with van der Waals surface area (Å²) in [6.45, 7) is -0.156. The number of halogens is 1. The molecule has 106 valence electrons. The van der Waals surface area contributed by atoms with Crippen molar-refractivity contribution >= 4 is 27.3 Å². The van der Waals surface area contributed by atoms with E-state index in [1.165, 1.54) is 17.5 Å². The SMILES string of the molecule is O=C(O)c1csc(CNS(=O)(=O)c2cccc(F)c2)n1. The van der Waals surface area contributed by atoms with Crippen molar-refractivity contribution in [3.05, 3.63) is 46.2 Å². The highest BCUT2D eigenvalue weighted by Crippen LogP contribution is 2.13. The van der Waals surface area contributed by atoms with E-state index >= 15 is 0 Å². The van der Waals surface area contributed by atoms with Crippen molar-refractivity contribution in [2.24, 2.45) is 0 Å². The van der Waals surface area contributed by atoms with Crippen molar-refractivity contribution < 1.29 is 22.7 Å². The first-order chi connectivity index (χ1) is 9.38. The van der Waals surface area contributed by atoms with Crippen LogP contribution in [0.5, 0.6) is 0 Å². The van der Waals surface area contributed by atoms with Gasteiger partial charge < -0.3 is 5.11 Å². The first-order valence-corrected chi connectivity index (χ1v) is 7.68. The summed E-state index contributed by atoms with van der Waals surface area (Å²) in [5.41, 5.74) is -0.144. The van der Waals surface area contributed by atoms with Gasteiger partial charge in [0.25, 0.3) is 0 Å². The number of nitrogens with one attached hydrogen (secondary N) is 1. The molecule has 1 aromatic heterocycles. The first kappa shape index (κ1) is 14.6. The number of nitrogens with zero attached hydrogens (tertiary/aromatic N) is 1. The maximum Gasteiger partial charge on any atom is 0.355 e. The van der Waals surface area contributed by atoms with Crippen LogP contribution in [0.15, 0.2) is 34.5 Å². The molecule has 2 aromatic rings. The molecule has 0 aliphatic carbocycles. The number of thiazole rings is 1. The molecule has 0 saturated heterocycles. The Balaban J connectivity index is 2.11. The Hall–Kier alpha value is -1.84. The number of aromatic carboxylic acids is 1. The normalized spacial score (nSPS) is 11.4. The lowest BCUT2D eigenvalue weighted by atomic mass is 10.4. The van der Waals surface area contributed by atoms with Crippen LogP contribution < -0.4 is 4.72 Å². The summed E-state index contributed by atoms with van der Waals surface area (Å²) in [6, 6.07) is 4.58. The predicted octanol–water partition coefficient (Wildman–Crippen LogP) is 1.46. The fourth-order valence-corrected chi connectivity index (χ4v) is 3.18. The Kier molecular flexibility index (Phi) is 4.12. The minimum absolute atomic E-state index is 0.144. The van der Waals surface area contributed by atoms with Crippen LogP contribution >= 0.6 is 11.3 Å². The number of carbonyl (C=O) groups is 1. The van der Waals surface area contributed by atoms with Gasteiger partial charge in [-0.05, 0) is 18.2 Å². The lowest BCUT2D eigenvalue weighted by molar-refractivity contribution is 0.0691. The lowest BCUT2D eigenvalue weighted by Crippen LogP contribution is -2.23. The van der Waals surface area contributed by atoms with Crippen LogP contribution in [0, 0.1) is 5.82 Å². The van der Waals surface area contributed by atoms with Gasteiger partial charge in [-0.15, -0.1) is 11.3 Å². The maximum absolute atomic E-state index is 13.0. The molecule has 6 nitrogen and oxygen atoms in total. The number of rotatable bonds is 5. The van der Waals surface area contributed by atoms with Gasteiger partial charge in [-0.25, -0.2) is 27.3 Å². The topological polar surface area (TPSA) is 96.4 Å². The van der Waals surface area contributed by atoms with Crippen molar-refractivity contribution in [2.75, 3.05) is 0 Å². The maximum atomic E-state index is 13.0. The average molecular weight is 316 g/mol. The quantitative estimate of drug-likeness (QED) is 0.870. The minimum Gasteiger partial charge on any atom is -0.476 e. The number of carboxylic acid groups (broad SMARTS) is 1. The summed E-state index contributed by atoms with van der Waals surface area (Å²) < 4.78 is 39.0. The predicted molar refractivity (Wildman–Crippen MR) is 69.5 cm³/mol. The van der Waals surface area contributed by atoms with Gasteiger partial charge in [0, 0.05) is 5.38 Å². The molecule has 1 heterocycles. The van der Waals surface area contributed by atoms with Gasteiger partial charge in [0.05, 0.1) is 11.4 Å². The molecular formula is C11H9FN2O4S2. The van der Waals surface area contributed by atoms with E-state index in [-0.39, 0.29) is 17.1 Å². The fraction of sp³-hybridized carbons (Fsp3) is 0.0909. The van der Waals surface area contributed by atoms with Crippen LogP contribution in [-0.4, -0.2) is 24.5 Å². The third-order valence-electron chi connectivity index (χ3n) is 2.29. The molecule has 0 bridgehead atoms. The molecule has 0 atom stereocenters. The molecule has 0 saturated carbocycles. The Morgan fingerprint density at radius 2 is 2.20 bits per heavy atom. The minimum atomic E-state index is -3.86. The molecule has 1 aromatic carbocycles. The van der Waals surface area contributed by atoms with Gasteiger partial charge in [0.1, 0.15) is 10.8 Å². The molecule has 2 rings (SSSR count). The highest BCUT2D eigenvalue weighted by atomic mass is 32.2. The lowest BCUT2D eigenvalue weighted by Gasteiger charge is -2.04. The van der Waals surface area contributed by atoms with E-state index in [2.05, 4.69) is 9.71 Å². The zero-order valence-electron chi connectivity index (χ0n) is 9.91. The molecule has 0 spiro atoms. The van der Waals surface area contributed by atoms with Gasteiger partial charge >= 0.3 is 5.97 Å². The molecule has 20 heavy (non-hydrogen) atoms. The molecule has 2 N–H and O–H groups in total. The van der Waals surface area contributed by atoms with Gasteiger partial charge in [-0.3, -0.25) is 0 Å². The van der Waals surface area contributed by atoms with E-state index < -0.39 is 21.8 Å². The smallest absolute Gasteiger partial charge is 0.355 e. The van der Waals surface area contributed by atoms with Crippen molar-refractivity contribution in [2.45, 2.75) is 11.4 Å². The third-order valence-corrected chi connectivity index (χ3v) is 4.54. The number of carboxylic acids is 1. The highest BCUT2D eigenvalue weighted by molar-refractivity contribution is 7.89. The molecule has 0 aliphatic heterocycles. The van der Waals surface area contributed by atoms with Gasteiger partial charge in [-0.1, -0.05) is 6.07 Å². The number of sulfonamides is 1. The molecule has 0 fully saturated rings. The summed E-state index contributed by atoms with van der Waals surface area (Å²) in [5.74, 6) is -1.84. The standard InChI is InChI=1S/C11H9FN2O4S2/c12-7-2-1-3-8(4-7)20(17,18)13-5-10-14-9(6-19-10)11(15)16/h1-4,6,13H,5H2,(H,15,16). The summed E-state index contributed by atoms with van der Waals surface area (Å²) in [7, 11) is -3.86. The van der Waals surface area contributed by atoms with Gasteiger partial charge in [-0.2, -0.15) is 0 Å². The number of hydrogen-bond acceptors (Lipinski definition) is 5. The fourth-order valence-electron chi connectivity index (χ4n) is 1.36. The van der Waals surface area contributed by atoms with Crippen LogP contribution in [0.1, 0.15) is 15.5 Å². The van der Waals surface area contributed by atoms with E-state index in [0.717, 1.165) is 23.5 Å². The van der Waals surface area contributed by atoms with Crippen molar-refractivity contribution in [1.82, 2.24) is 9.71 Å². The van der Waals surface area contributed by atoms with Crippen molar-refractivity contribution in [3.8, 4) is 0 Å². The summed E-state index contributed by atoms with van der Waals surface area (Å²) in [6.07, 6.45) is 0. The summed E-state index contributed by atoms with van der Waals surface area (Å²) in [5, 5.41) is 10.3. The zero-order valence-corrected chi connectivity index (χ0v) is 11.5. The van der Waals surface area contributed by atoms with E-state index in [0.29, 0.717) is 5.01 Å². The Labute approximate surface area is 118 Å². The Morgan fingerprint density at radius 3 is 2.80 bits per heavy atom. The molecule has 9 heteroatoms. The van der Waals surface area contributed by atoms with Crippen LogP contribution in [0.3, 0.4) is 0 Å². The molecule has 0 aliphatic rings. The molecular weight excluding hydrogens is 307 g/mol. The summed E-state index contributed by atoms with van der Waals surface area (Å²) in [4.78, 5) is 14.2. The van der Waals surface area contributed by atoms with E-state index in [1.54, 1.807) is 0 Å². The van der Waals surface area contributed by atoms with Gasteiger partial charge in [0.2, 0.25) is 10.0 Å². The third kappa shape index (κ3) is 3.38. The van der Waals surface area contributed by atoms with Crippen LogP contribution in [0.4, 0.5) is 4.39 Å². The van der Waals surface area contributed by atoms with Gasteiger partial charge in [0.15, 0.2) is 5.69 Å². The van der Waals surface area contributed by atoms with Crippen LogP contribution in [-0.2, 0) is 16.6 Å². The number of benzene rings is 1. The Bertz CT molecular complexity index is 742. The van der Waals surface area contributed by atoms with E-state index in [9.17, 15) is 17.6 Å². The summed E-state index contributed by atoms with van der Waals surface area (Å²) >= 11 is 1.02. The first-order valence-electron chi connectivity index (χ1n) is 5.31.